The second-order valence-corrected chi connectivity index (χ2v) is 8.54. The van der Waals surface area contributed by atoms with E-state index in [9.17, 15) is 20.0 Å². The predicted molar refractivity (Wildman–Crippen MR) is 133 cm³/mol. The summed E-state index contributed by atoms with van der Waals surface area (Å²) in [7, 11) is 0. The van der Waals surface area contributed by atoms with Gasteiger partial charge in [-0.15, -0.1) is 0 Å². The highest BCUT2D eigenvalue weighted by Gasteiger charge is 2.20. The van der Waals surface area contributed by atoms with Gasteiger partial charge in [0.15, 0.2) is 0 Å². The third-order valence-corrected chi connectivity index (χ3v) is 6.12. The summed E-state index contributed by atoms with van der Waals surface area (Å²) in [5.74, 6) is -1.29. The number of benzene rings is 3. The maximum absolute atomic E-state index is 11.8. The molecule has 0 saturated heterocycles. The number of hydrogen-bond donors (Lipinski definition) is 2. The predicted octanol–water partition coefficient (Wildman–Crippen LogP) is 6.13. The minimum absolute atomic E-state index is 0.165. The Hall–Kier alpha value is -4.08. The molecular weight excluding hydrogens is 476 g/mol. The second-order valence-electron chi connectivity index (χ2n) is 7.11. The number of carbonyl (C=O) groups is 1. The lowest BCUT2D eigenvalue weighted by atomic mass is 10.1. The van der Waals surface area contributed by atoms with Crippen molar-refractivity contribution in [1.29, 1.82) is 0 Å². The summed E-state index contributed by atoms with van der Waals surface area (Å²) in [6, 6.07) is 22.9. The quantitative estimate of drug-likeness (QED) is 0.173. The molecule has 3 aromatic carbocycles. The summed E-state index contributed by atoms with van der Waals surface area (Å²) in [6.45, 7) is 0. The fraction of sp³-hybridized carbons (Fsp3) is 0.0417. The van der Waals surface area contributed by atoms with Gasteiger partial charge in [0, 0.05) is 28.6 Å². The fourth-order valence-corrected chi connectivity index (χ4v) is 4.32. The Bertz CT molecular complexity index is 1370. The molecule has 0 unspecified atom stereocenters. The number of para-hydroxylation sites is 1. The third kappa shape index (κ3) is 5.28. The molecule has 0 aliphatic heterocycles. The Morgan fingerprint density at radius 3 is 2.38 bits per heavy atom. The highest BCUT2D eigenvalue weighted by atomic mass is 35.5. The van der Waals surface area contributed by atoms with E-state index in [0.717, 1.165) is 16.0 Å². The van der Waals surface area contributed by atoms with E-state index in [-0.39, 0.29) is 23.4 Å². The SMILES string of the molecule is O=C(O)C(Cc1ccccc1[N+](=O)[O-])=NNc1nc(-c2ccccc2)c(-c2ccc(Cl)cc2)s1. The van der Waals surface area contributed by atoms with Gasteiger partial charge in [-0.3, -0.25) is 15.5 Å². The molecule has 8 nitrogen and oxygen atoms in total. The van der Waals surface area contributed by atoms with Gasteiger partial charge in [-0.05, 0) is 17.7 Å². The molecule has 0 aliphatic carbocycles. The lowest BCUT2D eigenvalue weighted by Crippen LogP contribution is -2.18. The largest absolute Gasteiger partial charge is 0.477 e. The Morgan fingerprint density at radius 1 is 1.03 bits per heavy atom. The maximum Gasteiger partial charge on any atom is 0.352 e. The standard InChI is InChI=1S/C24H17ClN4O4S/c25-18-12-10-16(11-13-18)22-21(15-6-2-1-3-7-15)26-24(34-22)28-27-19(23(30)31)14-17-8-4-5-9-20(17)29(32)33/h1-13H,14H2,(H,26,28)(H,30,31). The first kappa shape index (κ1) is 23.1. The van der Waals surface area contributed by atoms with Crippen molar-refractivity contribution in [1.82, 2.24) is 4.98 Å². The molecule has 34 heavy (non-hydrogen) atoms. The molecule has 0 bridgehead atoms. The van der Waals surface area contributed by atoms with Gasteiger partial charge in [-0.1, -0.05) is 83.6 Å². The number of anilines is 1. The lowest BCUT2D eigenvalue weighted by molar-refractivity contribution is -0.385. The molecule has 1 heterocycles. The first-order chi connectivity index (χ1) is 16.4. The zero-order valence-electron chi connectivity index (χ0n) is 17.5. The van der Waals surface area contributed by atoms with Crippen LogP contribution in [0.15, 0.2) is 84.0 Å². The van der Waals surface area contributed by atoms with Gasteiger partial charge in [0.05, 0.1) is 15.5 Å². The topological polar surface area (TPSA) is 118 Å². The van der Waals surface area contributed by atoms with Crippen LogP contribution in [0.3, 0.4) is 0 Å². The number of hydrazone groups is 1. The van der Waals surface area contributed by atoms with Crippen LogP contribution in [-0.4, -0.2) is 26.7 Å². The minimum atomic E-state index is -1.29. The summed E-state index contributed by atoms with van der Waals surface area (Å²) >= 11 is 7.34. The molecule has 0 aliphatic rings. The van der Waals surface area contributed by atoms with Crippen molar-refractivity contribution >= 4 is 45.4 Å². The molecule has 1 aromatic heterocycles. The van der Waals surface area contributed by atoms with Crippen LogP contribution in [0, 0.1) is 10.1 Å². The van der Waals surface area contributed by atoms with Crippen molar-refractivity contribution in [2.24, 2.45) is 5.10 Å². The number of hydrogen-bond acceptors (Lipinski definition) is 7. The zero-order valence-corrected chi connectivity index (χ0v) is 19.1. The molecule has 2 N–H and O–H groups in total. The number of aliphatic carboxylic acids is 1. The molecular formula is C24H17ClN4O4S. The van der Waals surface area contributed by atoms with Crippen molar-refractivity contribution < 1.29 is 14.8 Å². The highest BCUT2D eigenvalue weighted by Crippen LogP contribution is 2.39. The minimum Gasteiger partial charge on any atom is -0.477 e. The third-order valence-electron chi connectivity index (χ3n) is 4.86. The second kappa shape index (κ2) is 10.2. The molecule has 0 radical (unpaired) electrons. The summed E-state index contributed by atoms with van der Waals surface area (Å²) in [4.78, 5) is 28.0. The molecule has 0 saturated carbocycles. The van der Waals surface area contributed by atoms with E-state index in [0.29, 0.717) is 15.8 Å². The number of nitrogens with zero attached hydrogens (tertiary/aromatic N) is 3. The van der Waals surface area contributed by atoms with Crippen LogP contribution < -0.4 is 5.43 Å². The number of nitro groups is 1. The van der Waals surface area contributed by atoms with E-state index in [1.54, 1.807) is 18.2 Å². The number of carboxylic acids is 1. The van der Waals surface area contributed by atoms with Gasteiger partial charge < -0.3 is 5.11 Å². The van der Waals surface area contributed by atoms with Crippen molar-refractivity contribution in [2.45, 2.75) is 6.42 Å². The first-order valence-corrected chi connectivity index (χ1v) is 11.2. The van der Waals surface area contributed by atoms with Crippen LogP contribution in [0.4, 0.5) is 10.8 Å². The van der Waals surface area contributed by atoms with E-state index in [4.69, 9.17) is 11.6 Å². The van der Waals surface area contributed by atoms with Crippen LogP contribution in [0.2, 0.25) is 5.02 Å². The summed E-state index contributed by atoms with van der Waals surface area (Å²) in [5.41, 5.74) is 5.03. The van der Waals surface area contributed by atoms with E-state index >= 15 is 0 Å². The Morgan fingerprint density at radius 2 is 1.71 bits per heavy atom. The van der Waals surface area contributed by atoms with Gasteiger partial charge in [-0.2, -0.15) is 5.10 Å². The highest BCUT2D eigenvalue weighted by molar-refractivity contribution is 7.19. The van der Waals surface area contributed by atoms with Crippen molar-refractivity contribution in [2.75, 3.05) is 5.43 Å². The Labute approximate surface area is 203 Å². The monoisotopic (exact) mass is 492 g/mol. The number of carboxylic acid groups (broad SMARTS) is 1. The fourth-order valence-electron chi connectivity index (χ4n) is 3.25. The van der Waals surface area contributed by atoms with Crippen LogP contribution in [0.5, 0.6) is 0 Å². The Balaban J connectivity index is 1.68. The molecule has 0 fully saturated rings. The molecule has 4 rings (SSSR count). The van der Waals surface area contributed by atoms with Gasteiger partial charge >= 0.3 is 5.97 Å². The van der Waals surface area contributed by atoms with Crippen LogP contribution in [0.1, 0.15) is 5.56 Å². The molecule has 0 amide bonds. The summed E-state index contributed by atoms with van der Waals surface area (Å²) in [5, 5.41) is 25.9. The van der Waals surface area contributed by atoms with Crippen molar-refractivity contribution in [3.05, 3.63) is 99.6 Å². The molecule has 4 aromatic rings. The molecule has 0 atom stereocenters. The first-order valence-electron chi connectivity index (χ1n) is 10.0. The number of halogens is 1. The van der Waals surface area contributed by atoms with E-state index < -0.39 is 10.9 Å². The average Bonchev–Trinajstić information content (AvgIpc) is 3.27. The average molecular weight is 493 g/mol. The van der Waals surface area contributed by atoms with Crippen LogP contribution in [-0.2, 0) is 11.2 Å². The smallest absolute Gasteiger partial charge is 0.352 e. The van der Waals surface area contributed by atoms with E-state index in [1.807, 2.05) is 42.5 Å². The van der Waals surface area contributed by atoms with E-state index in [1.165, 1.54) is 29.5 Å². The number of nitro benzene ring substituents is 1. The normalized spacial score (nSPS) is 11.3. The van der Waals surface area contributed by atoms with Gasteiger partial charge in [0.25, 0.3) is 5.69 Å². The van der Waals surface area contributed by atoms with Gasteiger partial charge in [0.2, 0.25) is 5.13 Å². The van der Waals surface area contributed by atoms with Gasteiger partial charge in [0.1, 0.15) is 5.71 Å². The molecule has 170 valence electrons. The summed E-state index contributed by atoms with van der Waals surface area (Å²) in [6.07, 6.45) is -0.222. The van der Waals surface area contributed by atoms with Crippen LogP contribution >= 0.6 is 22.9 Å². The number of nitrogens with one attached hydrogen (secondary N) is 1. The zero-order chi connectivity index (χ0) is 24.1. The number of aromatic nitrogens is 1. The van der Waals surface area contributed by atoms with Gasteiger partial charge in [-0.25, -0.2) is 9.78 Å². The number of rotatable bonds is 8. The molecule has 0 spiro atoms. The van der Waals surface area contributed by atoms with Crippen molar-refractivity contribution in [3.8, 4) is 21.7 Å². The number of thiazole rings is 1. The van der Waals surface area contributed by atoms with Crippen molar-refractivity contribution in [3.63, 3.8) is 0 Å². The van der Waals surface area contributed by atoms with E-state index in [2.05, 4.69) is 15.5 Å². The lowest BCUT2D eigenvalue weighted by Gasteiger charge is -2.03. The van der Waals surface area contributed by atoms with Crippen LogP contribution in [0.25, 0.3) is 21.7 Å². The Kier molecular flexibility index (Phi) is 6.95. The molecule has 10 heteroatoms. The maximum atomic E-state index is 11.8. The summed E-state index contributed by atoms with van der Waals surface area (Å²) < 4.78 is 0.